The summed E-state index contributed by atoms with van der Waals surface area (Å²) in [5, 5.41) is 10.0. The van der Waals surface area contributed by atoms with Gasteiger partial charge in [-0.05, 0) is 13.8 Å². The molecule has 0 saturated heterocycles. The molecule has 0 saturated carbocycles. The molecule has 0 unspecified atom stereocenters. The van der Waals surface area contributed by atoms with Crippen molar-refractivity contribution in [3.05, 3.63) is 12.5 Å². The second-order valence-electron chi connectivity index (χ2n) is 3.46. The Morgan fingerprint density at radius 1 is 1.41 bits per heavy atom. The van der Waals surface area contributed by atoms with Crippen LogP contribution in [0.3, 0.4) is 0 Å². The minimum atomic E-state index is -0.170. The predicted octanol–water partition coefficient (Wildman–Crippen LogP) is 1.23. The van der Waals surface area contributed by atoms with E-state index in [2.05, 4.69) is 25.5 Å². The average Bonchev–Trinajstić information content (AvgIpc) is 2.80. The molecule has 2 aromatic rings. The highest BCUT2D eigenvalue weighted by atomic mass is 16.2. The minimum Gasteiger partial charge on any atom is -0.325 e. The maximum absolute atomic E-state index is 11.9. The van der Waals surface area contributed by atoms with Crippen LogP contribution in [0.4, 0.5) is 10.6 Å². The summed E-state index contributed by atoms with van der Waals surface area (Å²) in [7, 11) is 0. The van der Waals surface area contributed by atoms with Gasteiger partial charge in [-0.15, -0.1) is 0 Å². The zero-order valence-electron chi connectivity index (χ0n) is 9.77. The van der Waals surface area contributed by atoms with Gasteiger partial charge in [0, 0.05) is 13.1 Å². The van der Waals surface area contributed by atoms with Crippen LogP contribution in [-0.2, 0) is 0 Å². The van der Waals surface area contributed by atoms with Crippen molar-refractivity contribution in [1.82, 2.24) is 25.1 Å². The molecule has 17 heavy (non-hydrogen) atoms. The number of carbonyl (C=O) groups excluding carboxylic acids is 1. The van der Waals surface area contributed by atoms with Crippen molar-refractivity contribution in [3.8, 4) is 0 Å². The summed E-state index contributed by atoms with van der Waals surface area (Å²) < 4.78 is 0. The van der Waals surface area contributed by atoms with Crippen molar-refractivity contribution >= 4 is 22.9 Å². The third-order valence-electron chi connectivity index (χ3n) is 2.52. The number of H-pyrrole nitrogens is 1. The van der Waals surface area contributed by atoms with Crippen LogP contribution in [0.2, 0.25) is 0 Å². The zero-order chi connectivity index (χ0) is 12.3. The van der Waals surface area contributed by atoms with E-state index in [1.54, 1.807) is 11.1 Å². The molecule has 0 aliphatic carbocycles. The number of urea groups is 1. The van der Waals surface area contributed by atoms with Gasteiger partial charge in [-0.25, -0.2) is 14.8 Å². The number of aromatic nitrogens is 4. The average molecular weight is 234 g/mol. The normalized spacial score (nSPS) is 10.5. The van der Waals surface area contributed by atoms with Crippen molar-refractivity contribution in [1.29, 1.82) is 0 Å². The van der Waals surface area contributed by atoms with Crippen LogP contribution in [0, 0.1) is 0 Å². The van der Waals surface area contributed by atoms with Crippen molar-refractivity contribution in [3.63, 3.8) is 0 Å². The van der Waals surface area contributed by atoms with Crippen LogP contribution in [0.15, 0.2) is 12.5 Å². The molecule has 2 rings (SSSR count). The fourth-order valence-electron chi connectivity index (χ4n) is 1.56. The minimum absolute atomic E-state index is 0.170. The SMILES string of the molecule is CCN(CC)C(=O)Nc1ncnc2[nH]ncc12. The standard InChI is InChI=1S/C10H14N6O/c1-3-16(4-2)10(17)14-8-7-5-13-15-9(7)12-6-11-8/h5-6H,3-4H2,1-2H3,(H2,11,12,13,14,15,17). The molecule has 2 aromatic heterocycles. The van der Waals surface area contributed by atoms with Crippen LogP contribution >= 0.6 is 0 Å². The lowest BCUT2D eigenvalue weighted by Gasteiger charge is -2.18. The van der Waals surface area contributed by atoms with Gasteiger partial charge in [0.25, 0.3) is 0 Å². The molecule has 0 fully saturated rings. The summed E-state index contributed by atoms with van der Waals surface area (Å²) in [6, 6.07) is -0.170. The Hall–Kier alpha value is -2.18. The maximum Gasteiger partial charge on any atom is 0.323 e. The van der Waals surface area contributed by atoms with Gasteiger partial charge in [-0.3, -0.25) is 10.4 Å². The molecule has 7 nitrogen and oxygen atoms in total. The highest BCUT2D eigenvalue weighted by molar-refractivity contribution is 5.97. The van der Waals surface area contributed by atoms with Gasteiger partial charge in [-0.2, -0.15) is 5.10 Å². The van der Waals surface area contributed by atoms with E-state index in [0.29, 0.717) is 29.9 Å². The molecular formula is C10H14N6O. The summed E-state index contributed by atoms with van der Waals surface area (Å²) in [6.07, 6.45) is 2.98. The van der Waals surface area contributed by atoms with Gasteiger partial charge in [0.15, 0.2) is 5.65 Å². The number of nitrogens with zero attached hydrogens (tertiary/aromatic N) is 4. The van der Waals surface area contributed by atoms with E-state index in [1.165, 1.54) is 6.33 Å². The molecule has 0 aliphatic heterocycles. The topological polar surface area (TPSA) is 86.8 Å². The maximum atomic E-state index is 11.9. The van der Waals surface area contributed by atoms with Crippen molar-refractivity contribution < 1.29 is 4.79 Å². The molecular weight excluding hydrogens is 220 g/mol. The molecule has 0 aliphatic rings. The first-order chi connectivity index (χ1) is 8.26. The summed E-state index contributed by atoms with van der Waals surface area (Å²) in [5.74, 6) is 0.473. The number of amides is 2. The summed E-state index contributed by atoms with van der Waals surface area (Å²) >= 11 is 0. The van der Waals surface area contributed by atoms with Crippen LogP contribution in [0.5, 0.6) is 0 Å². The first-order valence-electron chi connectivity index (χ1n) is 5.46. The molecule has 0 aromatic carbocycles. The Bertz CT molecular complexity index is 518. The van der Waals surface area contributed by atoms with Crippen molar-refractivity contribution in [2.45, 2.75) is 13.8 Å². The Labute approximate surface area is 98.2 Å². The van der Waals surface area contributed by atoms with Gasteiger partial charge in [0.2, 0.25) is 0 Å². The monoisotopic (exact) mass is 234 g/mol. The van der Waals surface area contributed by atoms with Gasteiger partial charge < -0.3 is 4.90 Å². The second-order valence-corrected chi connectivity index (χ2v) is 3.46. The lowest BCUT2D eigenvalue weighted by molar-refractivity contribution is 0.217. The highest BCUT2D eigenvalue weighted by Crippen LogP contribution is 2.16. The highest BCUT2D eigenvalue weighted by Gasteiger charge is 2.12. The molecule has 2 N–H and O–H groups in total. The Kier molecular flexibility index (Phi) is 3.17. The molecule has 90 valence electrons. The Balaban J connectivity index is 2.23. The molecule has 0 atom stereocenters. The number of aromatic amines is 1. The lowest BCUT2D eigenvalue weighted by atomic mass is 10.4. The number of carbonyl (C=O) groups is 1. The van der Waals surface area contributed by atoms with Crippen LogP contribution in [0.25, 0.3) is 11.0 Å². The summed E-state index contributed by atoms with van der Waals surface area (Å²) in [6.45, 7) is 5.16. The number of fused-ring (bicyclic) bond motifs is 1. The summed E-state index contributed by atoms with van der Waals surface area (Å²) in [4.78, 5) is 21.6. The van der Waals surface area contributed by atoms with Gasteiger partial charge in [0.05, 0.1) is 11.6 Å². The van der Waals surface area contributed by atoms with Crippen LogP contribution in [-0.4, -0.2) is 44.2 Å². The fraction of sp³-hybridized carbons (Fsp3) is 0.400. The number of hydrogen-bond donors (Lipinski definition) is 2. The van der Waals surface area contributed by atoms with Crippen molar-refractivity contribution in [2.75, 3.05) is 18.4 Å². The number of nitrogens with one attached hydrogen (secondary N) is 2. The van der Waals surface area contributed by atoms with Gasteiger partial charge in [0.1, 0.15) is 12.1 Å². The first kappa shape index (κ1) is 11.3. The van der Waals surface area contributed by atoms with Crippen molar-refractivity contribution in [2.24, 2.45) is 0 Å². The number of rotatable bonds is 3. The zero-order valence-corrected chi connectivity index (χ0v) is 9.77. The molecule has 7 heteroatoms. The van der Waals surface area contributed by atoms with E-state index < -0.39 is 0 Å². The number of hydrogen-bond acceptors (Lipinski definition) is 4. The van der Waals surface area contributed by atoms with Gasteiger partial charge >= 0.3 is 6.03 Å². The third kappa shape index (κ3) is 2.17. The number of anilines is 1. The van der Waals surface area contributed by atoms with E-state index in [-0.39, 0.29) is 6.03 Å². The Morgan fingerprint density at radius 2 is 2.18 bits per heavy atom. The first-order valence-corrected chi connectivity index (χ1v) is 5.46. The van der Waals surface area contributed by atoms with E-state index in [0.717, 1.165) is 0 Å². The summed E-state index contributed by atoms with van der Waals surface area (Å²) in [5.41, 5.74) is 0.606. The molecule has 0 radical (unpaired) electrons. The fourth-order valence-corrected chi connectivity index (χ4v) is 1.56. The molecule has 2 heterocycles. The third-order valence-corrected chi connectivity index (χ3v) is 2.52. The van der Waals surface area contributed by atoms with Gasteiger partial charge in [-0.1, -0.05) is 0 Å². The van der Waals surface area contributed by atoms with E-state index in [9.17, 15) is 4.79 Å². The largest absolute Gasteiger partial charge is 0.325 e. The molecule has 2 amide bonds. The second kappa shape index (κ2) is 4.77. The smallest absolute Gasteiger partial charge is 0.323 e. The quantitative estimate of drug-likeness (QED) is 0.836. The van der Waals surface area contributed by atoms with E-state index >= 15 is 0 Å². The lowest BCUT2D eigenvalue weighted by Crippen LogP contribution is -2.34. The molecule has 0 spiro atoms. The predicted molar refractivity (Wildman–Crippen MR) is 63.6 cm³/mol. The Morgan fingerprint density at radius 3 is 2.88 bits per heavy atom. The van der Waals surface area contributed by atoms with Crippen LogP contribution in [0.1, 0.15) is 13.8 Å². The van der Waals surface area contributed by atoms with Crippen LogP contribution < -0.4 is 5.32 Å². The van der Waals surface area contributed by atoms with E-state index in [1.807, 2.05) is 13.8 Å². The van der Waals surface area contributed by atoms with E-state index in [4.69, 9.17) is 0 Å². The molecule has 0 bridgehead atoms.